The van der Waals surface area contributed by atoms with E-state index in [1.54, 1.807) is 72.8 Å². The summed E-state index contributed by atoms with van der Waals surface area (Å²) in [6.45, 7) is 0. The number of hydrogen-bond acceptors (Lipinski definition) is 4. The van der Waals surface area contributed by atoms with Crippen LogP contribution in [0.1, 0.15) is 20.7 Å². The second-order valence-corrected chi connectivity index (χ2v) is 10.6. The van der Waals surface area contributed by atoms with Gasteiger partial charge in [0.1, 0.15) is 0 Å². The molecule has 0 radical (unpaired) electrons. The number of nitrogens with one attached hydrogen (secondary N) is 2. The monoisotopic (exact) mass is 522 g/mol. The van der Waals surface area contributed by atoms with Gasteiger partial charge in [0.2, 0.25) is 9.84 Å². The standard InChI is InChI=1S/C26H16Cl2N2O4S/c27-17-5-1-15(2-6-17)25(31)29-19-9-11-21-22-12-10-20(14-24(22)35(33,34)23(21)13-19)30-26(32)16-3-7-18(28)8-4-16/h1-14H,(H,29,31)(H,30,32). The lowest BCUT2D eigenvalue weighted by atomic mass is 10.0. The van der Waals surface area contributed by atoms with E-state index in [-0.39, 0.29) is 21.6 Å². The smallest absolute Gasteiger partial charge is 0.255 e. The fraction of sp³-hybridized carbons (Fsp3) is 0. The van der Waals surface area contributed by atoms with Gasteiger partial charge in [-0.05, 0) is 72.8 Å². The Morgan fingerprint density at radius 3 is 1.31 bits per heavy atom. The molecule has 0 aliphatic carbocycles. The summed E-state index contributed by atoms with van der Waals surface area (Å²) in [7, 11) is -3.86. The Morgan fingerprint density at radius 2 is 0.943 bits per heavy atom. The minimum absolute atomic E-state index is 0.0857. The Labute approximate surface area is 211 Å². The molecule has 0 atom stereocenters. The summed E-state index contributed by atoms with van der Waals surface area (Å²) in [4.78, 5) is 25.2. The van der Waals surface area contributed by atoms with Gasteiger partial charge >= 0.3 is 0 Å². The molecule has 35 heavy (non-hydrogen) atoms. The van der Waals surface area contributed by atoms with Crippen LogP contribution < -0.4 is 10.6 Å². The van der Waals surface area contributed by atoms with Gasteiger partial charge in [-0.3, -0.25) is 9.59 Å². The first kappa shape index (κ1) is 23.1. The molecule has 2 amide bonds. The molecule has 0 aromatic heterocycles. The van der Waals surface area contributed by atoms with Crippen LogP contribution in [-0.2, 0) is 9.84 Å². The van der Waals surface area contributed by atoms with Crippen LogP contribution in [0.2, 0.25) is 10.0 Å². The third-order valence-corrected chi connectivity index (χ3v) is 7.90. The zero-order chi connectivity index (χ0) is 24.7. The molecule has 9 heteroatoms. The van der Waals surface area contributed by atoms with Crippen molar-refractivity contribution >= 4 is 56.2 Å². The molecule has 6 nitrogen and oxygen atoms in total. The van der Waals surface area contributed by atoms with Gasteiger partial charge < -0.3 is 10.6 Å². The van der Waals surface area contributed by atoms with Crippen molar-refractivity contribution < 1.29 is 18.0 Å². The van der Waals surface area contributed by atoms with Crippen LogP contribution >= 0.6 is 23.2 Å². The summed E-state index contributed by atoms with van der Waals surface area (Å²) in [5, 5.41) is 6.45. The molecule has 4 aromatic rings. The largest absolute Gasteiger partial charge is 0.322 e. The van der Waals surface area contributed by atoms with E-state index in [4.69, 9.17) is 23.2 Å². The molecule has 0 saturated carbocycles. The van der Waals surface area contributed by atoms with Crippen molar-refractivity contribution in [2.45, 2.75) is 9.79 Å². The van der Waals surface area contributed by atoms with Crippen LogP contribution in [0.25, 0.3) is 11.1 Å². The van der Waals surface area contributed by atoms with Crippen LogP contribution in [0, 0.1) is 0 Å². The van der Waals surface area contributed by atoms with E-state index in [9.17, 15) is 18.0 Å². The van der Waals surface area contributed by atoms with Gasteiger partial charge in [0.15, 0.2) is 0 Å². The minimum Gasteiger partial charge on any atom is -0.322 e. The number of benzene rings is 4. The number of rotatable bonds is 4. The van der Waals surface area contributed by atoms with Crippen molar-refractivity contribution in [3.05, 3.63) is 106 Å². The first-order valence-electron chi connectivity index (χ1n) is 10.4. The second-order valence-electron chi connectivity index (χ2n) is 7.85. The van der Waals surface area contributed by atoms with E-state index in [1.165, 1.54) is 12.1 Å². The lowest BCUT2D eigenvalue weighted by molar-refractivity contribution is 0.101. The van der Waals surface area contributed by atoms with E-state index in [0.717, 1.165) is 0 Å². The zero-order valence-electron chi connectivity index (χ0n) is 17.9. The van der Waals surface area contributed by atoms with E-state index < -0.39 is 9.84 Å². The van der Waals surface area contributed by atoms with Gasteiger partial charge in [-0.1, -0.05) is 35.3 Å². The first-order chi connectivity index (χ1) is 16.7. The number of carbonyl (C=O) groups is 2. The number of carbonyl (C=O) groups excluding carboxylic acids is 2. The highest BCUT2D eigenvalue weighted by molar-refractivity contribution is 7.92. The molecule has 2 N–H and O–H groups in total. The van der Waals surface area contributed by atoms with Crippen molar-refractivity contribution in [2.75, 3.05) is 10.6 Å². The lowest BCUT2D eigenvalue weighted by Gasteiger charge is -2.07. The van der Waals surface area contributed by atoms with Gasteiger partial charge in [-0.25, -0.2) is 8.42 Å². The van der Waals surface area contributed by atoms with Crippen LogP contribution in [0.4, 0.5) is 11.4 Å². The normalized spacial score (nSPS) is 13.0. The molecule has 0 bridgehead atoms. The maximum absolute atomic E-state index is 13.3. The molecule has 0 saturated heterocycles. The van der Waals surface area contributed by atoms with E-state index >= 15 is 0 Å². The third kappa shape index (κ3) is 4.41. The zero-order valence-corrected chi connectivity index (χ0v) is 20.2. The number of sulfone groups is 1. The Kier molecular flexibility index (Phi) is 5.84. The summed E-state index contributed by atoms with van der Waals surface area (Å²) in [5.74, 6) is -0.775. The van der Waals surface area contributed by atoms with Gasteiger partial charge in [-0.15, -0.1) is 0 Å². The molecule has 1 heterocycles. The number of hydrogen-bond donors (Lipinski definition) is 2. The highest BCUT2D eigenvalue weighted by atomic mass is 35.5. The molecule has 5 rings (SSSR count). The third-order valence-electron chi connectivity index (χ3n) is 5.56. The summed E-state index contributed by atoms with van der Waals surface area (Å²) in [6.07, 6.45) is 0. The highest BCUT2D eigenvalue weighted by Gasteiger charge is 2.33. The maximum atomic E-state index is 13.3. The predicted molar refractivity (Wildman–Crippen MR) is 136 cm³/mol. The Balaban J connectivity index is 1.41. The number of halogens is 2. The summed E-state index contributed by atoms with van der Waals surface area (Å²) >= 11 is 11.7. The Hall–Kier alpha value is -3.65. The highest BCUT2D eigenvalue weighted by Crippen LogP contribution is 2.45. The molecule has 0 unspecified atom stereocenters. The SMILES string of the molecule is O=C(Nc1ccc2c(c1)S(=O)(=O)c1cc(NC(=O)c3ccc(Cl)cc3)ccc1-2)c1ccc(Cl)cc1. The first-order valence-corrected chi connectivity index (χ1v) is 12.6. The topological polar surface area (TPSA) is 92.3 Å². The van der Waals surface area contributed by atoms with Crippen molar-refractivity contribution in [1.82, 2.24) is 0 Å². The van der Waals surface area contributed by atoms with Crippen LogP contribution in [0.5, 0.6) is 0 Å². The van der Waals surface area contributed by atoms with Crippen molar-refractivity contribution in [3.8, 4) is 11.1 Å². The minimum atomic E-state index is -3.86. The molecular weight excluding hydrogens is 507 g/mol. The number of amides is 2. The van der Waals surface area contributed by atoms with E-state index in [2.05, 4.69) is 10.6 Å². The Morgan fingerprint density at radius 1 is 0.571 bits per heavy atom. The fourth-order valence-corrected chi connectivity index (χ4v) is 5.81. The lowest BCUT2D eigenvalue weighted by Crippen LogP contribution is -2.12. The van der Waals surface area contributed by atoms with Crippen molar-refractivity contribution in [2.24, 2.45) is 0 Å². The molecule has 1 aliphatic heterocycles. The molecule has 0 spiro atoms. The molecule has 4 aromatic carbocycles. The molecule has 1 aliphatic rings. The average Bonchev–Trinajstić information content (AvgIpc) is 3.06. The number of anilines is 2. The Bertz CT molecular complexity index is 1480. The van der Waals surface area contributed by atoms with Gasteiger partial charge in [-0.2, -0.15) is 0 Å². The van der Waals surface area contributed by atoms with Crippen LogP contribution in [-0.4, -0.2) is 20.2 Å². The summed E-state index contributed by atoms with van der Waals surface area (Å²) in [6, 6.07) is 22.2. The quantitative estimate of drug-likeness (QED) is 0.289. The maximum Gasteiger partial charge on any atom is 0.255 e. The summed E-state index contributed by atoms with van der Waals surface area (Å²) in [5.41, 5.74) is 2.53. The molecule has 174 valence electrons. The van der Waals surface area contributed by atoms with Gasteiger partial charge in [0, 0.05) is 43.7 Å². The van der Waals surface area contributed by atoms with E-state index in [0.29, 0.717) is 43.7 Å². The van der Waals surface area contributed by atoms with E-state index in [1.807, 2.05) is 0 Å². The predicted octanol–water partition coefficient (Wildman–Crippen LogP) is 6.31. The molecule has 0 fully saturated rings. The van der Waals surface area contributed by atoms with Crippen molar-refractivity contribution in [3.63, 3.8) is 0 Å². The van der Waals surface area contributed by atoms with Crippen LogP contribution in [0.3, 0.4) is 0 Å². The average molecular weight is 523 g/mol. The summed E-state index contributed by atoms with van der Waals surface area (Å²) < 4.78 is 26.6. The van der Waals surface area contributed by atoms with Gasteiger partial charge in [0.05, 0.1) is 9.79 Å². The molecular formula is C26H16Cl2N2O4S. The number of fused-ring (bicyclic) bond motifs is 3. The van der Waals surface area contributed by atoms with Crippen LogP contribution in [0.15, 0.2) is 94.7 Å². The van der Waals surface area contributed by atoms with Crippen molar-refractivity contribution in [1.29, 1.82) is 0 Å². The fourth-order valence-electron chi connectivity index (χ4n) is 3.82. The second kappa shape index (κ2) is 8.85. The van der Waals surface area contributed by atoms with Gasteiger partial charge in [0.25, 0.3) is 11.8 Å².